The van der Waals surface area contributed by atoms with Gasteiger partial charge in [0.1, 0.15) is 5.69 Å². The summed E-state index contributed by atoms with van der Waals surface area (Å²) in [6.45, 7) is 3.44. The van der Waals surface area contributed by atoms with Crippen LogP contribution in [0.15, 0.2) is 18.3 Å². The molecule has 1 aromatic rings. The van der Waals surface area contributed by atoms with Crippen molar-refractivity contribution < 1.29 is 14.6 Å². The Labute approximate surface area is 126 Å². The molecule has 0 spiro atoms. The number of hydrogen-bond acceptors (Lipinski definition) is 3. The van der Waals surface area contributed by atoms with Crippen molar-refractivity contribution in [2.24, 2.45) is 5.92 Å². The number of carbonyl (C=O) groups excluding carboxylic acids is 1. The summed E-state index contributed by atoms with van der Waals surface area (Å²) in [6, 6.07) is 3.67. The number of aliphatic hydroxyl groups excluding tert-OH is 1. The van der Waals surface area contributed by atoms with E-state index in [2.05, 4.69) is 12.2 Å². The topological polar surface area (TPSA) is 63.5 Å². The van der Waals surface area contributed by atoms with E-state index in [1.54, 1.807) is 7.11 Å². The van der Waals surface area contributed by atoms with Gasteiger partial charge in [-0.2, -0.15) is 0 Å². The minimum Gasteiger partial charge on any atom is -0.394 e. The fourth-order valence-electron chi connectivity index (χ4n) is 2.95. The number of rotatable bonds is 6. The van der Waals surface area contributed by atoms with Crippen LogP contribution in [0.5, 0.6) is 0 Å². The molecule has 118 valence electrons. The Morgan fingerprint density at radius 3 is 2.86 bits per heavy atom. The summed E-state index contributed by atoms with van der Waals surface area (Å²) in [6.07, 6.45) is 5.66. The summed E-state index contributed by atoms with van der Waals surface area (Å²) in [5.41, 5.74) is 0.165. The van der Waals surface area contributed by atoms with Gasteiger partial charge in [0.25, 0.3) is 5.91 Å². The monoisotopic (exact) mass is 294 g/mol. The molecule has 1 heterocycles. The lowest BCUT2D eigenvalue weighted by atomic mass is 9.77. The lowest BCUT2D eigenvalue weighted by Gasteiger charge is -2.38. The first-order valence-corrected chi connectivity index (χ1v) is 7.68. The van der Waals surface area contributed by atoms with Gasteiger partial charge in [-0.1, -0.05) is 6.92 Å². The van der Waals surface area contributed by atoms with Gasteiger partial charge in [0.05, 0.1) is 18.8 Å². The van der Waals surface area contributed by atoms with Crippen molar-refractivity contribution >= 4 is 5.91 Å². The van der Waals surface area contributed by atoms with E-state index >= 15 is 0 Å². The second-order valence-corrected chi connectivity index (χ2v) is 6.15. The van der Waals surface area contributed by atoms with Crippen molar-refractivity contribution in [1.29, 1.82) is 0 Å². The van der Waals surface area contributed by atoms with Gasteiger partial charge in [0.2, 0.25) is 0 Å². The quantitative estimate of drug-likeness (QED) is 0.841. The molecule has 2 N–H and O–H groups in total. The number of nitrogens with one attached hydrogen (secondary N) is 1. The van der Waals surface area contributed by atoms with Crippen LogP contribution >= 0.6 is 0 Å². The van der Waals surface area contributed by atoms with Crippen LogP contribution in [0.3, 0.4) is 0 Å². The van der Waals surface area contributed by atoms with Crippen LogP contribution in [0.25, 0.3) is 0 Å². The number of aromatic nitrogens is 1. The van der Waals surface area contributed by atoms with Crippen LogP contribution in [0.4, 0.5) is 0 Å². The average Bonchev–Trinajstić information content (AvgIpc) is 2.96. The molecule has 5 heteroatoms. The molecule has 0 aromatic carbocycles. The van der Waals surface area contributed by atoms with Crippen LogP contribution in [-0.4, -0.2) is 41.4 Å². The van der Waals surface area contributed by atoms with E-state index < -0.39 is 5.54 Å². The molecule has 1 aliphatic rings. The van der Waals surface area contributed by atoms with Gasteiger partial charge in [-0.05, 0) is 43.7 Å². The summed E-state index contributed by atoms with van der Waals surface area (Å²) >= 11 is 0. The van der Waals surface area contributed by atoms with E-state index in [1.165, 1.54) is 0 Å². The van der Waals surface area contributed by atoms with E-state index in [4.69, 9.17) is 4.74 Å². The van der Waals surface area contributed by atoms with Crippen LogP contribution in [0.2, 0.25) is 0 Å². The van der Waals surface area contributed by atoms with Crippen molar-refractivity contribution in [3.8, 4) is 0 Å². The Hall–Kier alpha value is -1.33. The Balaban J connectivity index is 2.04. The Morgan fingerprint density at radius 1 is 1.52 bits per heavy atom. The van der Waals surface area contributed by atoms with Crippen LogP contribution in [0.1, 0.15) is 43.1 Å². The third kappa shape index (κ3) is 3.86. The SMILES string of the molecule is COCCn1cccc1C(=O)NC1(CO)CCC(C)CC1. The number of nitrogens with zero attached hydrogens (tertiary/aromatic N) is 1. The van der Waals surface area contributed by atoms with E-state index in [1.807, 2.05) is 22.9 Å². The first kappa shape index (κ1) is 16.0. The summed E-state index contributed by atoms with van der Waals surface area (Å²) in [5, 5.41) is 12.8. The molecule has 21 heavy (non-hydrogen) atoms. The second kappa shape index (κ2) is 7.09. The number of aliphatic hydroxyl groups is 1. The third-order valence-electron chi connectivity index (χ3n) is 4.51. The van der Waals surface area contributed by atoms with Gasteiger partial charge >= 0.3 is 0 Å². The Morgan fingerprint density at radius 2 is 2.24 bits per heavy atom. The molecular formula is C16H26N2O3. The zero-order valence-corrected chi connectivity index (χ0v) is 13.0. The molecular weight excluding hydrogens is 268 g/mol. The van der Waals surface area contributed by atoms with Crippen LogP contribution in [-0.2, 0) is 11.3 Å². The predicted molar refractivity (Wildman–Crippen MR) is 81.2 cm³/mol. The second-order valence-electron chi connectivity index (χ2n) is 6.15. The fourth-order valence-corrected chi connectivity index (χ4v) is 2.95. The molecule has 0 saturated heterocycles. The molecule has 1 aromatic heterocycles. The van der Waals surface area contributed by atoms with Crippen molar-refractivity contribution in [2.75, 3.05) is 20.3 Å². The number of hydrogen-bond donors (Lipinski definition) is 2. The van der Waals surface area contributed by atoms with Crippen molar-refractivity contribution in [1.82, 2.24) is 9.88 Å². The van der Waals surface area contributed by atoms with Crippen molar-refractivity contribution in [3.63, 3.8) is 0 Å². The highest BCUT2D eigenvalue weighted by molar-refractivity contribution is 5.93. The number of ether oxygens (including phenoxy) is 1. The lowest BCUT2D eigenvalue weighted by Crippen LogP contribution is -2.53. The van der Waals surface area contributed by atoms with Gasteiger partial charge in [-0.3, -0.25) is 4.79 Å². The van der Waals surface area contributed by atoms with Gasteiger partial charge in [-0.25, -0.2) is 0 Å². The summed E-state index contributed by atoms with van der Waals surface area (Å²) in [4.78, 5) is 12.5. The first-order chi connectivity index (χ1) is 10.1. The summed E-state index contributed by atoms with van der Waals surface area (Å²) < 4.78 is 6.94. The van der Waals surface area contributed by atoms with Crippen LogP contribution < -0.4 is 5.32 Å². The molecule has 1 amide bonds. The largest absolute Gasteiger partial charge is 0.394 e. The standard InChI is InChI=1S/C16H26N2O3/c1-13-5-7-16(12-19,8-6-13)17-15(20)14-4-3-9-18(14)10-11-21-2/h3-4,9,13,19H,5-8,10-12H2,1-2H3,(H,17,20). The highest BCUT2D eigenvalue weighted by Gasteiger charge is 2.35. The van der Waals surface area contributed by atoms with Gasteiger partial charge in [0, 0.05) is 19.9 Å². The number of amides is 1. The average molecular weight is 294 g/mol. The molecule has 2 rings (SSSR count). The van der Waals surface area contributed by atoms with E-state index in [0.717, 1.165) is 25.7 Å². The molecule has 1 fully saturated rings. The maximum Gasteiger partial charge on any atom is 0.268 e. The molecule has 0 unspecified atom stereocenters. The van der Waals surface area contributed by atoms with E-state index in [-0.39, 0.29) is 12.5 Å². The maximum atomic E-state index is 12.5. The highest BCUT2D eigenvalue weighted by atomic mass is 16.5. The van der Waals surface area contributed by atoms with E-state index in [9.17, 15) is 9.90 Å². The summed E-state index contributed by atoms with van der Waals surface area (Å²) in [5.74, 6) is 0.562. The maximum absolute atomic E-state index is 12.5. The van der Waals surface area contributed by atoms with Gasteiger partial charge < -0.3 is 19.7 Å². The third-order valence-corrected chi connectivity index (χ3v) is 4.51. The molecule has 1 saturated carbocycles. The Bertz CT molecular complexity index is 462. The fraction of sp³-hybridized carbons (Fsp3) is 0.688. The normalized spacial score (nSPS) is 25.8. The van der Waals surface area contributed by atoms with Crippen molar-refractivity contribution in [2.45, 2.75) is 44.7 Å². The zero-order valence-electron chi connectivity index (χ0n) is 13.0. The zero-order chi connectivity index (χ0) is 15.3. The Kier molecular flexibility index (Phi) is 5.42. The highest BCUT2D eigenvalue weighted by Crippen LogP contribution is 2.31. The minimum absolute atomic E-state index is 0.00421. The molecule has 0 radical (unpaired) electrons. The van der Waals surface area contributed by atoms with Gasteiger partial charge in [-0.15, -0.1) is 0 Å². The van der Waals surface area contributed by atoms with Crippen LogP contribution in [0, 0.1) is 5.92 Å². The van der Waals surface area contributed by atoms with E-state index in [0.29, 0.717) is 24.8 Å². The summed E-state index contributed by atoms with van der Waals surface area (Å²) in [7, 11) is 1.65. The molecule has 5 nitrogen and oxygen atoms in total. The first-order valence-electron chi connectivity index (χ1n) is 7.68. The van der Waals surface area contributed by atoms with Crippen molar-refractivity contribution in [3.05, 3.63) is 24.0 Å². The van der Waals surface area contributed by atoms with Gasteiger partial charge in [0.15, 0.2) is 0 Å². The molecule has 0 atom stereocenters. The smallest absolute Gasteiger partial charge is 0.268 e. The molecule has 1 aliphatic carbocycles. The minimum atomic E-state index is -0.458. The number of methoxy groups -OCH3 is 1. The molecule has 0 aliphatic heterocycles. The lowest BCUT2D eigenvalue weighted by molar-refractivity contribution is 0.0707. The number of carbonyl (C=O) groups is 1. The molecule has 0 bridgehead atoms. The predicted octanol–water partition coefficient (Wildman–Crippen LogP) is 1.81.